The van der Waals surface area contributed by atoms with Gasteiger partial charge in [0.15, 0.2) is 11.6 Å². The summed E-state index contributed by atoms with van der Waals surface area (Å²) in [5.41, 5.74) is 0.925. The zero-order valence-corrected chi connectivity index (χ0v) is 10.0. The zero-order valence-electron chi connectivity index (χ0n) is 8.44. The van der Waals surface area contributed by atoms with Crippen LogP contribution in [-0.2, 0) is 6.42 Å². The Morgan fingerprint density at radius 3 is 2.71 bits per heavy atom. The van der Waals surface area contributed by atoms with Crippen LogP contribution in [-0.4, -0.2) is 7.11 Å². The van der Waals surface area contributed by atoms with Gasteiger partial charge >= 0.3 is 0 Å². The smallest absolute Gasteiger partial charge is 0.165 e. The molecule has 0 aliphatic heterocycles. The molecule has 0 aromatic heterocycles. The number of benzene rings is 1. The molecule has 0 fully saturated rings. The summed E-state index contributed by atoms with van der Waals surface area (Å²) in [6.45, 7) is 2.11. The summed E-state index contributed by atoms with van der Waals surface area (Å²) in [6, 6.07) is 3.14. The summed E-state index contributed by atoms with van der Waals surface area (Å²) in [4.78, 5) is 0. The van der Waals surface area contributed by atoms with Gasteiger partial charge in [-0.15, -0.1) is 0 Å². The number of halogens is 2. The minimum atomic E-state index is -0.290. The van der Waals surface area contributed by atoms with E-state index < -0.39 is 0 Å². The number of ether oxygens (including phenoxy) is 1. The molecule has 0 N–H and O–H groups in total. The maximum Gasteiger partial charge on any atom is 0.165 e. The highest BCUT2D eigenvalue weighted by Crippen LogP contribution is 2.30. The molecule has 1 aromatic rings. The lowest BCUT2D eigenvalue weighted by Gasteiger charge is -2.10. The molecule has 78 valence electrons. The van der Waals surface area contributed by atoms with Crippen molar-refractivity contribution in [2.45, 2.75) is 26.2 Å². The second-order valence-electron chi connectivity index (χ2n) is 3.14. The van der Waals surface area contributed by atoms with Crippen molar-refractivity contribution < 1.29 is 9.13 Å². The second-order valence-corrected chi connectivity index (χ2v) is 4.00. The molecular formula is C11H14BrFO. The first kappa shape index (κ1) is 11.5. The Balaban J connectivity index is 3.03. The van der Waals surface area contributed by atoms with Crippen LogP contribution in [0.5, 0.6) is 5.75 Å². The van der Waals surface area contributed by atoms with Gasteiger partial charge in [-0.3, -0.25) is 0 Å². The molecule has 14 heavy (non-hydrogen) atoms. The Bertz CT molecular complexity index is 312. The maximum atomic E-state index is 13.3. The van der Waals surface area contributed by atoms with Gasteiger partial charge in [0.2, 0.25) is 0 Å². The molecule has 0 aliphatic carbocycles. The number of hydrogen-bond acceptors (Lipinski definition) is 1. The van der Waals surface area contributed by atoms with Crippen LogP contribution in [0.3, 0.4) is 0 Å². The molecule has 0 aliphatic rings. The van der Waals surface area contributed by atoms with Gasteiger partial charge in [0.25, 0.3) is 0 Å². The van der Waals surface area contributed by atoms with E-state index in [1.54, 1.807) is 6.07 Å². The average Bonchev–Trinajstić information content (AvgIpc) is 2.19. The van der Waals surface area contributed by atoms with Crippen LogP contribution >= 0.6 is 15.9 Å². The van der Waals surface area contributed by atoms with Crippen LogP contribution in [0.1, 0.15) is 25.3 Å². The lowest BCUT2D eigenvalue weighted by Crippen LogP contribution is -1.96. The molecule has 0 spiro atoms. The van der Waals surface area contributed by atoms with Crippen molar-refractivity contribution in [2.24, 2.45) is 0 Å². The Kier molecular flexibility index (Phi) is 4.39. The fourth-order valence-corrected chi connectivity index (χ4v) is 1.89. The Hall–Kier alpha value is -0.570. The number of rotatable bonds is 4. The van der Waals surface area contributed by atoms with Crippen LogP contribution in [0, 0.1) is 5.82 Å². The van der Waals surface area contributed by atoms with Crippen LogP contribution < -0.4 is 4.74 Å². The first-order valence-electron chi connectivity index (χ1n) is 4.71. The highest BCUT2D eigenvalue weighted by molar-refractivity contribution is 9.10. The summed E-state index contributed by atoms with van der Waals surface area (Å²) in [5.74, 6) is 0.0784. The van der Waals surface area contributed by atoms with Gasteiger partial charge in [-0.05, 0) is 25.0 Å². The predicted octanol–water partition coefficient (Wildman–Crippen LogP) is 3.94. The minimum absolute atomic E-state index is 0.290. The van der Waals surface area contributed by atoms with Gasteiger partial charge < -0.3 is 4.74 Å². The van der Waals surface area contributed by atoms with Crippen molar-refractivity contribution >= 4 is 15.9 Å². The molecule has 0 saturated heterocycles. The summed E-state index contributed by atoms with van der Waals surface area (Å²) in [6.07, 6.45) is 2.97. The second kappa shape index (κ2) is 5.35. The monoisotopic (exact) mass is 260 g/mol. The Morgan fingerprint density at radius 2 is 2.14 bits per heavy atom. The molecule has 0 amide bonds. The van der Waals surface area contributed by atoms with E-state index in [1.165, 1.54) is 13.2 Å². The topological polar surface area (TPSA) is 9.23 Å². The number of unbranched alkanes of at least 4 members (excludes halogenated alkanes) is 1. The summed E-state index contributed by atoms with van der Waals surface area (Å²) in [7, 11) is 1.50. The van der Waals surface area contributed by atoms with E-state index >= 15 is 0 Å². The molecule has 0 saturated carbocycles. The van der Waals surface area contributed by atoms with Gasteiger partial charge in [-0.2, -0.15) is 0 Å². The van der Waals surface area contributed by atoms with Crippen LogP contribution in [0.4, 0.5) is 4.39 Å². The molecule has 0 bridgehead atoms. The molecule has 3 heteroatoms. The fourth-order valence-electron chi connectivity index (χ4n) is 1.38. The Morgan fingerprint density at radius 1 is 1.43 bits per heavy atom. The van der Waals surface area contributed by atoms with Crippen molar-refractivity contribution in [2.75, 3.05) is 7.11 Å². The SMILES string of the molecule is CCCCc1c(Br)ccc(F)c1OC. The third-order valence-electron chi connectivity index (χ3n) is 2.14. The summed E-state index contributed by atoms with van der Waals surface area (Å²) < 4.78 is 19.3. The van der Waals surface area contributed by atoms with Crippen LogP contribution in [0.25, 0.3) is 0 Å². The van der Waals surface area contributed by atoms with Gasteiger partial charge in [0, 0.05) is 10.0 Å². The van der Waals surface area contributed by atoms with E-state index in [1.807, 2.05) is 0 Å². The quantitative estimate of drug-likeness (QED) is 0.797. The zero-order chi connectivity index (χ0) is 10.6. The van der Waals surface area contributed by atoms with Crippen molar-refractivity contribution in [3.05, 3.63) is 28.0 Å². The molecule has 1 nitrogen and oxygen atoms in total. The van der Waals surface area contributed by atoms with Gasteiger partial charge in [-0.1, -0.05) is 29.3 Å². The van der Waals surface area contributed by atoms with Crippen LogP contribution in [0.15, 0.2) is 16.6 Å². The maximum absolute atomic E-state index is 13.3. The lowest BCUT2D eigenvalue weighted by atomic mass is 10.1. The number of methoxy groups -OCH3 is 1. The van der Waals surface area contributed by atoms with E-state index in [4.69, 9.17) is 4.74 Å². The largest absolute Gasteiger partial charge is 0.493 e. The van der Waals surface area contributed by atoms with Gasteiger partial charge in [0.05, 0.1) is 7.11 Å². The summed E-state index contributed by atoms with van der Waals surface area (Å²) in [5, 5.41) is 0. The number of hydrogen-bond donors (Lipinski definition) is 0. The highest BCUT2D eigenvalue weighted by atomic mass is 79.9. The van der Waals surface area contributed by atoms with Crippen LogP contribution in [0.2, 0.25) is 0 Å². The van der Waals surface area contributed by atoms with E-state index in [0.717, 1.165) is 29.3 Å². The molecule has 0 atom stereocenters. The summed E-state index contributed by atoms with van der Waals surface area (Å²) >= 11 is 3.41. The average molecular weight is 261 g/mol. The lowest BCUT2D eigenvalue weighted by molar-refractivity contribution is 0.380. The van der Waals surface area contributed by atoms with E-state index in [-0.39, 0.29) is 5.82 Å². The molecule has 0 unspecified atom stereocenters. The van der Waals surface area contributed by atoms with Gasteiger partial charge in [-0.25, -0.2) is 4.39 Å². The van der Waals surface area contributed by atoms with Crippen molar-refractivity contribution in [1.29, 1.82) is 0 Å². The fraction of sp³-hybridized carbons (Fsp3) is 0.455. The minimum Gasteiger partial charge on any atom is -0.493 e. The van der Waals surface area contributed by atoms with Crippen molar-refractivity contribution in [3.8, 4) is 5.75 Å². The standard InChI is InChI=1S/C11H14BrFO/c1-3-4-5-8-9(12)6-7-10(13)11(8)14-2/h6-7H,3-5H2,1-2H3. The van der Waals surface area contributed by atoms with Crippen molar-refractivity contribution in [1.82, 2.24) is 0 Å². The highest BCUT2D eigenvalue weighted by Gasteiger charge is 2.11. The van der Waals surface area contributed by atoms with Crippen molar-refractivity contribution in [3.63, 3.8) is 0 Å². The molecule has 0 heterocycles. The first-order valence-corrected chi connectivity index (χ1v) is 5.50. The van der Waals surface area contributed by atoms with E-state index in [2.05, 4.69) is 22.9 Å². The molecular weight excluding hydrogens is 247 g/mol. The third kappa shape index (κ3) is 2.47. The Labute approximate surface area is 92.4 Å². The van der Waals surface area contributed by atoms with E-state index in [9.17, 15) is 4.39 Å². The third-order valence-corrected chi connectivity index (χ3v) is 2.88. The first-order chi connectivity index (χ1) is 6.70. The molecule has 1 rings (SSSR count). The molecule has 1 aromatic carbocycles. The van der Waals surface area contributed by atoms with Gasteiger partial charge in [0.1, 0.15) is 0 Å². The predicted molar refractivity (Wildman–Crippen MR) is 59.3 cm³/mol. The van der Waals surface area contributed by atoms with E-state index in [0.29, 0.717) is 5.75 Å². The molecule has 0 radical (unpaired) electrons. The normalized spacial score (nSPS) is 10.3.